The molecule has 0 heterocycles. The van der Waals surface area contributed by atoms with Crippen LogP contribution >= 0.6 is 0 Å². The third kappa shape index (κ3) is 2.31. The summed E-state index contributed by atoms with van der Waals surface area (Å²) in [6.07, 6.45) is -6.70. The van der Waals surface area contributed by atoms with E-state index in [-0.39, 0.29) is 0 Å². The molecule has 2 rings (SSSR count). The molecule has 0 fully saturated rings. The van der Waals surface area contributed by atoms with Crippen molar-refractivity contribution in [3.63, 3.8) is 0 Å². The van der Waals surface area contributed by atoms with Crippen molar-refractivity contribution in [2.45, 2.75) is 12.6 Å². The highest BCUT2D eigenvalue weighted by molar-refractivity contribution is 5.92. The lowest BCUT2D eigenvalue weighted by Gasteiger charge is -2.15. The Morgan fingerprint density at radius 1 is 0.750 bits per heavy atom. The zero-order valence-electron chi connectivity index (χ0n) is 11.1. The minimum Gasteiger partial charge on any atom is -0.205 e. The lowest BCUT2D eigenvalue weighted by atomic mass is 9.94. The van der Waals surface area contributed by atoms with Gasteiger partial charge in [0.1, 0.15) is 17.4 Å². The van der Waals surface area contributed by atoms with Gasteiger partial charge in [0.2, 0.25) is 0 Å². The van der Waals surface area contributed by atoms with Crippen molar-refractivity contribution in [2.75, 3.05) is 0 Å². The molecule has 0 saturated heterocycles. The van der Waals surface area contributed by atoms with Crippen LogP contribution in [0.15, 0.2) is 0 Å². The Morgan fingerprint density at radius 2 is 1.29 bits per heavy atom. The maximum Gasteiger partial charge on any atom is 0.422 e. The second kappa shape index (κ2) is 5.64. The summed E-state index contributed by atoms with van der Waals surface area (Å²) in [6, 6.07) is 2.46. The van der Waals surface area contributed by atoms with Crippen molar-refractivity contribution in [3.8, 4) is 12.1 Å². The summed E-state index contributed by atoms with van der Waals surface area (Å²) in [5, 5.41) is 14.1. The highest BCUT2D eigenvalue weighted by atomic mass is 19.4. The van der Waals surface area contributed by atoms with E-state index in [0.717, 1.165) is 6.07 Å². The number of hydrogen-bond acceptors (Lipinski definition) is 2. The summed E-state index contributed by atoms with van der Waals surface area (Å²) in [4.78, 5) is 0. The lowest BCUT2D eigenvalue weighted by molar-refractivity contribution is -0.142. The van der Waals surface area contributed by atoms with Crippen LogP contribution in [0.5, 0.6) is 0 Å². The Labute approximate surface area is 128 Å². The number of hydrogen-bond donors (Lipinski definition) is 0. The fourth-order valence-corrected chi connectivity index (χ4v) is 2.22. The minimum atomic E-state index is -5.73. The first-order valence-corrected chi connectivity index (χ1v) is 5.92. The van der Waals surface area contributed by atoms with E-state index in [1.54, 1.807) is 0 Å². The SMILES string of the molecule is N#CCc1c(F)c(F)c2c(F)c(C(F)(F)F)c(F)c(F)c2c1C#N. The van der Waals surface area contributed by atoms with Crippen LogP contribution in [0.4, 0.5) is 35.1 Å². The van der Waals surface area contributed by atoms with Gasteiger partial charge in [-0.15, -0.1) is 0 Å². The van der Waals surface area contributed by atoms with Gasteiger partial charge in [0, 0.05) is 10.9 Å². The molecule has 0 aliphatic carbocycles. The van der Waals surface area contributed by atoms with Crippen molar-refractivity contribution < 1.29 is 35.1 Å². The second-order valence-corrected chi connectivity index (χ2v) is 4.49. The van der Waals surface area contributed by atoms with Crippen LogP contribution in [-0.2, 0) is 12.6 Å². The van der Waals surface area contributed by atoms with Crippen LogP contribution in [0.2, 0.25) is 0 Å². The van der Waals surface area contributed by atoms with E-state index >= 15 is 0 Å². The molecule has 0 unspecified atom stereocenters. The van der Waals surface area contributed by atoms with Crippen molar-refractivity contribution in [2.24, 2.45) is 0 Å². The number of alkyl halides is 3. The van der Waals surface area contributed by atoms with Crippen LogP contribution < -0.4 is 0 Å². The van der Waals surface area contributed by atoms with Gasteiger partial charge in [-0.2, -0.15) is 23.7 Å². The molecule has 2 nitrogen and oxygen atoms in total. The molecule has 0 spiro atoms. The first-order valence-electron chi connectivity index (χ1n) is 5.92. The summed E-state index contributed by atoms with van der Waals surface area (Å²) in [6.45, 7) is 0. The largest absolute Gasteiger partial charge is 0.422 e. The highest BCUT2D eigenvalue weighted by Crippen LogP contribution is 2.41. The molecule has 0 saturated carbocycles. The Hall–Kier alpha value is -2.88. The van der Waals surface area contributed by atoms with Gasteiger partial charge in [-0.1, -0.05) is 0 Å². The third-order valence-electron chi connectivity index (χ3n) is 3.20. The van der Waals surface area contributed by atoms with Crippen molar-refractivity contribution in [3.05, 3.63) is 45.8 Å². The Kier molecular flexibility index (Phi) is 4.10. The van der Waals surface area contributed by atoms with E-state index in [0.29, 0.717) is 0 Å². The molecule has 10 heteroatoms. The number of halogens is 8. The first-order chi connectivity index (χ1) is 11.1. The summed E-state index contributed by atoms with van der Waals surface area (Å²) in [5.74, 6) is -11.9. The third-order valence-corrected chi connectivity index (χ3v) is 3.20. The van der Waals surface area contributed by atoms with Gasteiger partial charge in [-0.3, -0.25) is 0 Å². The van der Waals surface area contributed by atoms with E-state index in [9.17, 15) is 35.1 Å². The zero-order valence-corrected chi connectivity index (χ0v) is 11.1. The van der Waals surface area contributed by atoms with Crippen molar-refractivity contribution in [1.82, 2.24) is 0 Å². The number of rotatable bonds is 1. The van der Waals surface area contributed by atoms with Crippen molar-refractivity contribution >= 4 is 10.8 Å². The van der Waals surface area contributed by atoms with Crippen LogP contribution in [0.3, 0.4) is 0 Å². The van der Waals surface area contributed by atoms with E-state index < -0.39 is 69.1 Å². The first kappa shape index (κ1) is 17.5. The summed E-state index contributed by atoms with van der Waals surface area (Å²) in [5.41, 5.74) is -4.92. The molecular formula is C14H2F8N2. The van der Waals surface area contributed by atoms with Gasteiger partial charge in [0.15, 0.2) is 23.3 Å². The molecule has 2 aromatic rings. The molecule has 0 aromatic heterocycles. The quantitative estimate of drug-likeness (QED) is 0.562. The van der Waals surface area contributed by atoms with E-state index in [1.807, 2.05) is 0 Å². The lowest BCUT2D eigenvalue weighted by Crippen LogP contribution is -2.15. The summed E-state index contributed by atoms with van der Waals surface area (Å²) >= 11 is 0. The predicted octanol–water partition coefficient (Wildman–Crippen LogP) is 4.49. The average Bonchev–Trinajstić information content (AvgIpc) is 2.48. The van der Waals surface area contributed by atoms with Gasteiger partial charge >= 0.3 is 6.18 Å². The second-order valence-electron chi connectivity index (χ2n) is 4.49. The molecule has 124 valence electrons. The Bertz CT molecular complexity index is 947. The molecule has 0 atom stereocenters. The fraction of sp³-hybridized carbons (Fsp3) is 0.143. The molecule has 0 aliphatic heterocycles. The number of fused-ring (bicyclic) bond motifs is 1. The molecule has 24 heavy (non-hydrogen) atoms. The molecule has 0 N–H and O–H groups in total. The maximum atomic E-state index is 14.0. The van der Waals surface area contributed by atoms with Crippen molar-refractivity contribution in [1.29, 1.82) is 10.5 Å². The number of nitriles is 2. The van der Waals surface area contributed by atoms with Crippen LogP contribution in [0.25, 0.3) is 10.8 Å². The standard InChI is InChI=1S/C14H2F8N2/c15-9-4(1-2-23)5(3-24)6-7(12(9)18)10(16)8(14(20,21)22)13(19)11(6)17/h1H2. The molecule has 0 bridgehead atoms. The highest BCUT2D eigenvalue weighted by Gasteiger charge is 2.42. The van der Waals surface area contributed by atoms with Crippen LogP contribution in [-0.4, -0.2) is 0 Å². The molecule has 0 radical (unpaired) electrons. The van der Waals surface area contributed by atoms with Gasteiger partial charge in [0.25, 0.3) is 0 Å². The van der Waals surface area contributed by atoms with Crippen LogP contribution in [0, 0.1) is 51.7 Å². The average molecular weight is 350 g/mol. The Balaban J connectivity index is 3.22. The number of nitrogens with zero attached hydrogens (tertiary/aromatic N) is 2. The smallest absolute Gasteiger partial charge is 0.205 e. The molecular weight excluding hydrogens is 348 g/mol. The normalized spacial score (nSPS) is 11.4. The summed E-state index contributed by atoms with van der Waals surface area (Å²) in [7, 11) is 0. The Morgan fingerprint density at radius 3 is 1.75 bits per heavy atom. The predicted molar refractivity (Wildman–Crippen MR) is 62.8 cm³/mol. The van der Waals surface area contributed by atoms with Gasteiger partial charge in [-0.25, -0.2) is 22.0 Å². The molecule has 2 aromatic carbocycles. The summed E-state index contributed by atoms with van der Waals surface area (Å²) < 4.78 is 107. The minimum absolute atomic E-state index is 0.967. The van der Waals surface area contributed by atoms with E-state index in [2.05, 4.69) is 0 Å². The van der Waals surface area contributed by atoms with Crippen LogP contribution in [0.1, 0.15) is 16.7 Å². The topological polar surface area (TPSA) is 47.6 Å². The van der Waals surface area contributed by atoms with Gasteiger partial charge in [-0.05, 0) is 0 Å². The maximum absolute atomic E-state index is 14.0. The molecule has 0 amide bonds. The van der Waals surface area contributed by atoms with Gasteiger partial charge in [0.05, 0.1) is 23.4 Å². The van der Waals surface area contributed by atoms with Gasteiger partial charge < -0.3 is 0 Å². The monoisotopic (exact) mass is 350 g/mol. The zero-order chi connectivity index (χ0) is 18.4. The number of benzene rings is 2. The van der Waals surface area contributed by atoms with E-state index in [1.165, 1.54) is 6.07 Å². The van der Waals surface area contributed by atoms with E-state index in [4.69, 9.17) is 10.5 Å². The fourth-order valence-electron chi connectivity index (χ4n) is 2.22. The molecule has 0 aliphatic rings.